The van der Waals surface area contributed by atoms with Crippen molar-refractivity contribution >= 4 is 17.5 Å². The summed E-state index contributed by atoms with van der Waals surface area (Å²) in [6, 6.07) is 15.8. The molecule has 0 aliphatic rings. The Morgan fingerprint density at radius 2 is 1.89 bits per heavy atom. The van der Waals surface area contributed by atoms with E-state index in [2.05, 4.69) is 16.8 Å². The molecule has 0 spiro atoms. The Morgan fingerprint density at radius 1 is 1.15 bits per heavy atom. The first-order chi connectivity index (χ1) is 13.0. The van der Waals surface area contributed by atoms with Crippen LogP contribution in [-0.2, 0) is 6.54 Å². The van der Waals surface area contributed by atoms with Gasteiger partial charge in [0.25, 0.3) is 0 Å². The quantitative estimate of drug-likeness (QED) is 0.326. The van der Waals surface area contributed by atoms with Crippen molar-refractivity contribution in [3.63, 3.8) is 0 Å². The summed E-state index contributed by atoms with van der Waals surface area (Å²) in [6.07, 6.45) is 1.82. The number of Topliss-reactive ketones (excluding diaryl/α,β-unsaturated/α-hetero) is 1. The molecule has 4 nitrogen and oxygen atoms in total. The zero-order valence-corrected chi connectivity index (χ0v) is 16.7. The van der Waals surface area contributed by atoms with Crippen molar-refractivity contribution in [2.45, 2.75) is 37.7 Å². The van der Waals surface area contributed by atoms with E-state index in [1.165, 1.54) is 17.3 Å². The van der Waals surface area contributed by atoms with Gasteiger partial charge in [0.2, 0.25) is 0 Å². The average Bonchev–Trinajstić information content (AvgIpc) is 3.07. The van der Waals surface area contributed by atoms with E-state index >= 15 is 0 Å². The number of hydrogen-bond donors (Lipinski definition) is 0. The second kappa shape index (κ2) is 8.35. The van der Waals surface area contributed by atoms with Crippen LogP contribution in [-0.4, -0.2) is 25.8 Å². The van der Waals surface area contributed by atoms with Gasteiger partial charge in [-0.3, -0.25) is 9.36 Å². The summed E-state index contributed by atoms with van der Waals surface area (Å²) in [6.45, 7) is 10.4. The highest BCUT2D eigenvalue weighted by molar-refractivity contribution is 8.00. The Bertz CT molecular complexity index is 963. The Kier molecular flexibility index (Phi) is 5.91. The molecule has 0 bridgehead atoms. The number of rotatable bonds is 7. The van der Waals surface area contributed by atoms with Gasteiger partial charge < -0.3 is 0 Å². The van der Waals surface area contributed by atoms with E-state index in [0.29, 0.717) is 6.54 Å². The molecular weight excluding hydrogens is 354 g/mol. The van der Waals surface area contributed by atoms with E-state index in [1.807, 2.05) is 79.9 Å². The first kappa shape index (κ1) is 19.1. The second-order valence-corrected chi connectivity index (χ2v) is 7.80. The predicted molar refractivity (Wildman–Crippen MR) is 111 cm³/mol. The number of carbonyl (C=O) groups excluding carboxylic acids is 1. The van der Waals surface area contributed by atoms with Crippen LogP contribution < -0.4 is 0 Å². The molecule has 2 aromatic carbocycles. The number of benzene rings is 2. The Balaban J connectivity index is 1.86. The third-order valence-corrected chi connectivity index (χ3v) is 5.58. The summed E-state index contributed by atoms with van der Waals surface area (Å²) in [5, 5.41) is 9.14. The molecule has 5 heteroatoms. The van der Waals surface area contributed by atoms with Crippen LogP contribution in [0.2, 0.25) is 0 Å². The van der Waals surface area contributed by atoms with Crippen LogP contribution >= 0.6 is 11.8 Å². The first-order valence-electron chi connectivity index (χ1n) is 8.89. The van der Waals surface area contributed by atoms with Crippen LogP contribution in [0.25, 0.3) is 11.4 Å². The molecule has 0 N–H and O–H groups in total. The van der Waals surface area contributed by atoms with E-state index in [0.717, 1.165) is 27.7 Å². The molecule has 1 aromatic heterocycles. The minimum absolute atomic E-state index is 0.0949. The van der Waals surface area contributed by atoms with Crippen molar-refractivity contribution in [1.82, 2.24) is 14.8 Å². The molecule has 27 heavy (non-hydrogen) atoms. The normalized spacial score (nSPS) is 12.0. The zero-order valence-electron chi connectivity index (χ0n) is 15.8. The number of aryl methyl sites for hydroxylation is 2. The SMILES string of the molecule is C=CCn1c(S[C@@H](C)C(=O)c2ccc(C)c(C)c2)nnc1-c1ccccc1. The highest BCUT2D eigenvalue weighted by Gasteiger charge is 2.21. The van der Waals surface area contributed by atoms with Crippen molar-refractivity contribution in [3.05, 3.63) is 77.9 Å². The Morgan fingerprint density at radius 3 is 2.56 bits per heavy atom. The monoisotopic (exact) mass is 377 g/mol. The van der Waals surface area contributed by atoms with E-state index in [9.17, 15) is 4.79 Å². The second-order valence-electron chi connectivity index (χ2n) is 6.49. The van der Waals surface area contributed by atoms with E-state index in [1.54, 1.807) is 0 Å². The largest absolute Gasteiger partial charge is 0.298 e. The van der Waals surface area contributed by atoms with Gasteiger partial charge in [-0.1, -0.05) is 60.3 Å². The number of ketones is 1. The molecule has 3 rings (SSSR count). The summed E-state index contributed by atoms with van der Waals surface area (Å²) in [4.78, 5) is 12.9. The lowest BCUT2D eigenvalue weighted by Gasteiger charge is -2.12. The lowest BCUT2D eigenvalue weighted by atomic mass is 10.0. The molecular formula is C22H23N3OS. The maximum atomic E-state index is 12.9. The summed E-state index contributed by atoms with van der Waals surface area (Å²) < 4.78 is 2.00. The standard InChI is InChI=1S/C22H23N3OS/c1-5-13-25-21(18-9-7-6-8-10-18)23-24-22(25)27-17(4)20(26)19-12-11-15(2)16(3)14-19/h5-12,14,17H,1,13H2,2-4H3/t17-/m0/s1. The summed E-state index contributed by atoms with van der Waals surface area (Å²) in [5.41, 5.74) is 4.03. The lowest BCUT2D eigenvalue weighted by molar-refractivity contribution is 0.0993. The highest BCUT2D eigenvalue weighted by Crippen LogP contribution is 2.28. The molecule has 0 saturated heterocycles. The molecule has 0 unspecified atom stereocenters. The van der Waals surface area contributed by atoms with Crippen LogP contribution in [0.3, 0.4) is 0 Å². The fraction of sp³-hybridized carbons (Fsp3) is 0.227. The number of aromatic nitrogens is 3. The maximum absolute atomic E-state index is 12.9. The van der Waals surface area contributed by atoms with Gasteiger partial charge in [-0.25, -0.2) is 0 Å². The zero-order chi connectivity index (χ0) is 19.4. The minimum atomic E-state index is -0.261. The van der Waals surface area contributed by atoms with Crippen molar-refractivity contribution in [3.8, 4) is 11.4 Å². The van der Waals surface area contributed by atoms with Crippen LogP contribution in [0.15, 0.2) is 66.3 Å². The van der Waals surface area contributed by atoms with Crippen molar-refractivity contribution in [2.24, 2.45) is 0 Å². The van der Waals surface area contributed by atoms with E-state index in [-0.39, 0.29) is 11.0 Å². The third-order valence-electron chi connectivity index (χ3n) is 4.50. The average molecular weight is 378 g/mol. The molecule has 0 saturated carbocycles. The summed E-state index contributed by atoms with van der Waals surface area (Å²) in [7, 11) is 0. The van der Waals surface area contributed by atoms with Crippen LogP contribution in [0.5, 0.6) is 0 Å². The predicted octanol–water partition coefficient (Wildman–Crippen LogP) is 5.11. The van der Waals surface area contributed by atoms with Crippen molar-refractivity contribution in [1.29, 1.82) is 0 Å². The van der Waals surface area contributed by atoms with Crippen LogP contribution in [0, 0.1) is 13.8 Å². The maximum Gasteiger partial charge on any atom is 0.192 e. The van der Waals surface area contributed by atoms with Crippen LogP contribution in [0.4, 0.5) is 0 Å². The molecule has 1 heterocycles. The van der Waals surface area contributed by atoms with Gasteiger partial charge in [-0.2, -0.15) is 0 Å². The lowest BCUT2D eigenvalue weighted by Crippen LogP contribution is -2.15. The topological polar surface area (TPSA) is 47.8 Å². The molecule has 1 atom stereocenters. The van der Waals surface area contributed by atoms with Gasteiger partial charge >= 0.3 is 0 Å². The van der Waals surface area contributed by atoms with Gasteiger partial charge in [0.15, 0.2) is 16.8 Å². The number of allylic oxidation sites excluding steroid dienone is 1. The molecule has 138 valence electrons. The van der Waals surface area contributed by atoms with Crippen molar-refractivity contribution < 1.29 is 4.79 Å². The van der Waals surface area contributed by atoms with Gasteiger partial charge in [-0.15, -0.1) is 16.8 Å². The Labute approximate surface area is 164 Å². The van der Waals surface area contributed by atoms with Crippen molar-refractivity contribution in [2.75, 3.05) is 0 Å². The van der Waals surface area contributed by atoms with E-state index in [4.69, 9.17) is 0 Å². The minimum Gasteiger partial charge on any atom is -0.298 e. The number of hydrogen-bond acceptors (Lipinski definition) is 4. The van der Waals surface area contributed by atoms with Crippen LogP contribution in [0.1, 0.15) is 28.4 Å². The van der Waals surface area contributed by atoms with Gasteiger partial charge in [0.05, 0.1) is 5.25 Å². The van der Waals surface area contributed by atoms with Gasteiger partial charge in [0, 0.05) is 17.7 Å². The molecule has 0 amide bonds. The molecule has 0 aliphatic carbocycles. The smallest absolute Gasteiger partial charge is 0.192 e. The Hall–Kier alpha value is -2.66. The third kappa shape index (κ3) is 4.19. The fourth-order valence-corrected chi connectivity index (χ4v) is 3.75. The first-order valence-corrected chi connectivity index (χ1v) is 9.77. The number of thioether (sulfide) groups is 1. The molecule has 0 aliphatic heterocycles. The highest BCUT2D eigenvalue weighted by atomic mass is 32.2. The molecule has 0 fully saturated rings. The molecule has 0 radical (unpaired) electrons. The molecule has 3 aromatic rings. The number of nitrogens with zero attached hydrogens (tertiary/aromatic N) is 3. The summed E-state index contributed by atoms with van der Waals surface area (Å²) in [5.74, 6) is 0.876. The fourth-order valence-electron chi connectivity index (χ4n) is 2.81. The summed E-state index contributed by atoms with van der Waals surface area (Å²) >= 11 is 1.43. The van der Waals surface area contributed by atoms with Gasteiger partial charge in [-0.05, 0) is 38.0 Å². The van der Waals surface area contributed by atoms with E-state index < -0.39 is 0 Å². The number of carbonyl (C=O) groups is 1. The van der Waals surface area contributed by atoms with Gasteiger partial charge in [0.1, 0.15) is 0 Å².